The maximum absolute atomic E-state index is 13.0. The van der Waals surface area contributed by atoms with Crippen LogP contribution in [-0.2, 0) is 10.9 Å². The van der Waals surface area contributed by atoms with E-state index in [9.17, 15) is 18.0 Å². The molecular weight excluding hydrogens is 565 g/mol. The Morgan fingerprint density at radius 2 is 1.62 bits per heavy atom. The maximum atomic E-state index is 13.0. The Bertz CT molecular complexity index is 1640. The van der Waals surface area contributed by atoms with Crippen molar-refractivity contribution in [3.8, 4) is 11.1 Å². The van der Waals surface area contributed by atoms with E-state index in [1.165, 1.54) is 22.3 Å². The molecule has 10 heteroatoms. The van der Waals surface area contributed by atoms with Gasteiger partial charge in [0.2, 0.25) is 5.95 Å². The van der Waals surface area contributed by atoms with Crippen molar-refractivity contribution in [2.45, 2.75) is 36.8 Å². The van der Waals surface area contributed by atoms with Crippen molar-refractivity contribution < 1.29 is 22.7 Å². The van der Waals surface area contributed by atoms with Crippen molar-refractivity contribution in [1.82, 2.24) is 14.9 Å². The SMILES string of the molecule is O=C(OCC1c2ccccc2-c2ccccc21)N1CC(c2ccc(Nc3ncc(C(F)(F)F)c(Cl)n3)c(C3CC3)c2)C1. The molecule has 3 aliphatic rings. The van der Waals surface area contributed by atoms with E-state index in [0.29, 0.717) is 25.2 Å². The van der Waals surface area contributed by atoms with E-state index in [2.05, 4.69) is 45.6 Å². The molecule has 1 aromatic heterocycles. The first-order valence-corrected chi connectivity index (χ1v) is 14.2. The number of alkyl halides is 3. The van der Waals surface area contributed by atoms with Gasteiger partial charge in [-0.15, -0.1) is 0 Å². The van der Waals surface area contributed by atoms with Crippen LogP contribution in [0.3, 0.4) is 0 Å². The Labute approximate surface area is 245 Å². The molecule has 1 saturated heterocycles. The van der Waals surface area contributed by atoms with E-state index in [4.69, 9.17) is 16.3 Å². The van der Waals surface area contributed by atoms with Gasteiger partial charge in [-0.3, -0.25) is 0 Å². The highest BCUT2D eigenvalue weighted by atomic mass is 35.5. The lowest BCUT2D eigenvalue weighted by Gasteiger charge is -2.39. The Kier molecular flexibility index (Phi) is 6.57. The van der Waals surface area contributed by atoms with Gasteiger partial charge in [-0.1, -0.05) is 72.3 Å². The molecule has 7 rings (SSSR count). The average Bonchev–Trinajstić information content (AvgIpc) is 3.74. The van der Waals surface area contributed by atoms with Gasteiger partial charge in [0, 0.05) is 36.8 Å². The first-order chi connectivity index (χ1) is 20.3. The molecule has 0 spiro atoms. The van der Waals surface area contributed by atoms with Crippen molar-refractivity contribution in [2.24, 2.45) is 0 Å². The monoisotopic (exact) mass is 590 g/mol. The second-order valence-electron chi connectivity index (χ2n) is 11.0. The summed E-state index contributed by atoms with van der Waals surface area (Å²) in [5.41, 5.74) is 6.58. The standard InChI is InChI=1S/C32H26ClF3N4O2/c33-29-27(32(34,35)36)14-37-30(39-29)38-28-12-11-19(13-25(28)18-9-10-18)20-15-40(16-20)31(41)42-17-26-23-7-3-1-5-21(23)22-6-2-4-8-24(22)26/h1-8,11-14,18,20,26H,9-10,15-17H2,(H,37,38,39). The van der Waals surface area contributed by atoms with Crippen LogP contribution >= 0.6 is 11.6 Å². The van der Waals surface area contributed by atoms with E-state index in [1.807, 2.05) is 36.4 Å². The van der Waals surface area contributed by atoms with E-state index >= 15 is 0 Å². The largest absolute Gasteiger partial charge is 0.448 e. The molecule has 1 aliphatic heterocycles. The number of hydrogen-bond acceptors (Lipinski definition) is 5. The highest BCUT2D eigenvalue weighted by Gasteiger charge is 2.37. The molecule has 0 unspecified atom stereocenters. The number of amides is 1. The van der Waals surface area contributed by atoms with E-state index in [0.717, 1.165) is 29.7 Å². The number of nitrogens with zero attached hydrogens (tertiary/aromatic N) is 3. The lowest BCUT2D eigenvalue weighted by Crippen LogP contribution is -2.48. The summed E-state index contributed by atoms with van der Waals surface area (Å²) in [4.78, 5) is 22.3. The number of carbonyl (C=O) groups excluding carboxylic acids is 1. The number of carbonyl (C=O) groups is 1. The minimum atomic E-state index is -4.62. The molecule has 3 aromatic carbocycles. The van der Waals surface area contributed by atoms with Crippen molar-refractivity contribution in [3.63, 3.8) is 0 Å². The maximum Gasteiger partial charge on any atom is 0.420 e. The van der Waals surface area contributed by atoms with Gasteiger partial charge in [0.25, 0.3) is 0 Å². The number of ether oxygens (including phenoxy) is 1. The van der Waals surface area contributed by atoms with Crippen LogP contribution in [0.15, 0.2) is 72.9 Å². The molecular formula is C32H26ClF3N4O2. The fourth-order valence-electron chi connectivity index (χ4n) is 5.94. The third-order valence-corrected chi connectivity index (χ3v) is 8.62. The number of aromatic nitrogens is 2. The molecule has 0 atom stereocenters. The third-order valence-electron chi connectivity index (χ3n) is 8.33. The number of anilines is 2. The number of nitrogens with one attached hydrogen (secondary N) is 1. The molecule has 2 aliphatic carbocycles. The van der Waals surface area contributed by atoms with Crippen LogP contribution < -0.4 is 5.32 Å². The fourth-order valence-corrected chi connectivity index (χ4v) is 6.17. The van der Waals surface area contributed by atoms with Crippen LogP contribution in [0, 0.1) is 0 Å². The predicted octanol–water partition coefficient (Wildman–Crippen LogP) is 8.12. The molecule has 1 N–H and O–H groups in total. The van der Waals surface area contributed by atoms with Crippen LogP contribution in [0.2, 0.25) is 5.15 Å². The van der Waals surface area contributed by atoms with Gasteiger partial charge in [-0.2, -0.15) is 13.2 Å². The smallest absolute Gasteiger partial charge is 0.420 e. The molecule has 214 valence electrons. The van der Waals surface area contributed by atoms with Crippen LogP contribution in [0.5, 0.6) is 0 Å². The van der Waals surface area contributed by atoms with Crippen molar-refractivity contribution >= 4 is 29.3 Å². The fraction of sp³-hybridized carbons (Fsp3) is 0.281. The van der Waals surface area contributed by atoms with Gasteiger partial charge in [0.1, 0.15) is 17.3 Å². The highest BCUT2D eigenvalue weighted by Crippen LogP contribution is 2.46. The quantitative estimate of drug-likeness (QED) is 0.230. The van der Waals surface area contributed by atoms with Gasteiger partial charge in [-0.05, 0) is 58.2 Å². The van der Waals surface area contributed by atoms with Crippen LogP contribution in [-0.4, -0.2) is 40.7 Å². The summed E-state index contributed by atoms with van der Waals surface area (Å²) in [6.07, 6.45) is -2.18. The second kappa shape index (κ2) is 10.3. The van der Waals surface area contributed by atoms with Gasteiger partial charge >= 0.3 is 12.3 Å². The summed E-state index contributed by atoms with van der Waals surface area (Å²) < 4.78 is 44.9. The molecule has 6 nitrogen and oxygen atoms in total. The van der Waals surface area contributed by atoms with Gasteiger partial charge in [0.15, 0.2) is 0 Å². The van der Waals surface area contributed by atoms with E-state index in [-0.39, 0.29) is 30.5 Å². The van der Waals surface area contributed by atoms with Gasteiger partial charge < -0.3 is 15.0 Å². The Balaban J connectivity index is 0.996. The first kappa shape index (κ1) is 26.8. The van der Waals surface area contributed by atoms with E-state index < -0.39 is 16.9 Å². The minimum absolute atomic E-state index is 0.00715. The third kappa shape index (κ3) is 4.96. The number of hydrogen-bond donors (Lipinski definition) is 1. The number of likely N-dealkylation sites (tertiary alicyclic amines) is 1. The summed E-state index contributed by atoms with van der Waals surface area (Å²) in [7, 11) is 0. The molecule has 0 radical (unpaired) electrons. The summed E-state index contributed by atoms with van der Waals surface area (Å²) in [6.45, 7) is 1.41. The van der Waals surface area contributed by atoms with Crippen LogP contribution in [0.25, 0.3) is 11.1 Å². The van der Waals surface area contributed by atoms with Crippen molar-refractivity contribution in [3.05, 3.63) is 106 Å². The topological polar surface area (TPSA) is 67.3 Å². The Morgan fingerprint density at radius 1 is 0.952 bits per heavy atom. The molecule has 0 bridgehead atoms. The number of halogens is 4. The molecule has 2 heterocycles. The molecule has 1 saturated carbocycles. The minimum Gasteiger partial charge on any atom is -0.448 e. The molecule has 1 amide bonds. The summed E-state index contributed by atoms with van der Waals surface area (Å²) in [6, 6.07) is 22.5. The predicted molar refractivity (Wildman–Crippen MR) is 153 cm³/mol. The second-order valence-corrected chi connectivity index (χ2v) is 11.4. The van der Waals surface area contributed by atoms with Crippen molar-refractivity contribution in [1.29, 1.82) is 0 Å². The number of benzene rings is 3. The lowest BCUT2D eigenvalue weighted by atomic mass is 9.89. The summed E-state index contributed by atoms with van der Waals surface area (Å²) >= 11 is 5.78. The molecule has 2 fully saturated rings. The zero-order valence-electron chi connectivity index (χ0n) is 22.4. The van der Waals surface area contributed by atoms with Crippen LogP contribution in [0.4, 0.5) is 29.6 Å². The van der Waals surface area contributed by atoms with Gasteiger partial charge in [0.05, 0.1) is 0 Å². The molecule has 42 heavy (non-hydrogen) atoms. The zero-order chi connectivity index (χ0) is 29.0. The summed E-state index contributed by atoms with van der Waals surface area (Å²) in [5.74, 6) is 0.556. The summed E-state index contributed by atoms with van der Waals surface area (Å²) in [5, 5.41) is 2.40. The van der Waals surface area contributed by atoms with Crippen molar-refractivity contribution in [2.75, 3.05) is 25.0 Å². The van der Waals surface area contributed by atoms with Gasteiger partial charge in [-0.25, -0.2) is 14.8 Å². The number of fused-ring (bicyclic) bond motifs is 3. The normalized spacial score (nSPS) is 16.5. The lowest BCUT2D eigenvalue weighted by molar-refractivity contribution is -0.137. The van der Waals surface area contributed by atoms with Crippen LogP contribution in [0.1, 0.15) is 58.4 Å². The molecule has 4 aromatic rings. The first-order valence-electron chi connectivity index (χ1n) is 13.9. The average molecular weight is 591 g/mol. The van der Waals surface area contributed by atoms with E-state index in [1.54, 1.807) is 4.90 Å². The highest BCUT2D eigenvalue weighted by molar-refractivity contribution is 6.30. The zero-order valence-corrected chi connectivity index (χ0v) is 23.1. The number of rotatable bonds is 6. The Hall–Kier alpha value is -4.11. The Morgan fingerprint density at radius 3 is 2.24 bits per heavy atom.